The van der Waals surface area contributed by atoms with Gasteiger partial charge in [-0.15, -0.1) is 0 Å². The molecule has 0 amide bonds. The normalized spacial score (nSPS) is 25.2. The Morgan fingerprint density at radius 1 is 1.13 bits per heavy atom. The van der Waals surface area contributed by atoms with Crippen molar-refractivity contribution in [2.45, 2.75) is 58.7 Å². The van der Waals surface area contributed by atoms with E-state index in [2.05, 4.69) is 32.2 Å². The van der Waals surface area contributed by atoms with Crippen molar-refractivity contribution in [2.75, 3.05) is 14.2 Å². The van der Waals surface area contributed by atoms with E-state index in [0.717, 1.165) is 42.4 Å². The fraction of sp³-hybridized carbons (Fsp3) is 0.684. The van der Waals surface area contributed by atoms with Crippen LogP contribution in [0.3, 0.4) is 0 Å². The van der Waals surface area contributed by atoms with E-state index in [1.54, 1.807) is 14.2 Å². The van der Waals surface area contributed by atoms with Gasteiger partial charge in [0.2, 0.25) is 0 Å². The molecule has 1 aliphatic rings. The van der Waals surface area contributed by atoms with E-state index in [0.29, 0.717) is 5.41 Å². The summed E-state index contributed by atoms with van der Waals surface area (Å²) >= 11 is 0. The zero-order valence-electron chi connectivity index (χ0n) is 15.2. The molecule has 0 aliphatic heterocycles. The minimum atomic E-state index is -0.255. The summed E-state index contributed by atoms with van der Waals surface area (Å²) < 4.78 is 10.6. The molecular weight excluding hydrogens is 288 g/mol. The molecule has 0 spiro atoms. The molecule has 0 radical (unpaired) electrons. The monoisotopic (exact) mass is 320 g/mol. The van der Waals surface area contributed by atoms with Crippen LogP contribution in [0, 0.1) is 11.3 Å². The third-order valence-electron chi connectivity index (χ3n) is 5.20. The van der Waals surface area contributed by atoms with Crippen molar-refractivity contribution in [3.05, 3.63) is 23.8 Å². The number of benzene rings is 1. The first-order valence-electron chi connectivity index (χ1n) is 8.52. The average molecular weight is 320 g/mol. The Morgan fingerprint density at radius 3 is 2.26 bits per heavy atom. The van der Waals surface area contributed by atoms with Crippen LogP contribution in [-0.4, -0.2) is 19.9 Å². The number of rotatable bonds is 5. The topological polar surface area (TPSA) is 56.5 Å². The van der Waals surface area contributed by atoms with Gasteiger partial charge in [0.25, 0.3) is 0 Å². The average Bonchev–Trinajstić information content (AvgIpc) is 2.52. The van der Waals surface area contributed by atoms with Crippen LogP contribution in [0.15, 0.2) is 18.2 Å². The SMILES string of the molecule is COc1ccc(CNC2(N)CCC(C(C)(C)C)CC2)cc1OC. The highest BCUT2D eigenvalue weighted by atomic mass is 16.5. The maximum absolute atomic E-state index is 6.57. The van der Waals surface area contributed by atoms with Crippen LogP contribution >= 0.6 is 0 Å². The Labute approximate surface area is 140 Å². The molecule has 0 saturated heterocycles. The molecule has 0 atom stereocenters. The predicted molar refractivity (Wildman–Crippen MR) is 94.7 cm³/mol. The zero-order chi connectivity index (χ0) is 17.1. The summed E-state index contributed by atoms with van der Waals surface area (Å²) in [5, 5.41) is 3.56. The second kappa shape index (κ2) is 7.10. The zero-order valence-corrected chi connectivity index (χ0v) is 15.2. The summed E-state index contributed by atoms with van der Waals surface area (Å²) in [6.45, 7) is 7.74. The second-order valence-electron chi connectivity index (χ2n) is 7.84. The van der Waals surface area contributed by atoms with Gasteiger partial charge in [-0.2, -0.15) is 0 Å². The lowest BCUT2D eigenvalue weighted by Gasteiger charge is -2.42. The third kappa shape index (κ3) is 4.61. The molecule has 3 N–H and O–H groups in total. The molecule has 4 nitrogen and oxygen atoms in total. The van der Waals surface area contributed by atoms with Crippen molar-refractivity contribution in [1.29, 1.82) is 0 Å². The molecule has 1 aliphatic carbocycles. The highest BCUT2D eigenvalue weighted by Gasteiger charge is 2.35. The highest BCUT2D eigenvalue weighted by Crippen LogP contribution is 2.40. The summed E-state index contributed by atoms with van der Waals surface area (Å²) in [6.07, 6.45) is 4.45. The Bertz CT molecular complexity index is 515. The van der Waals surface area contributed by atoms with Crippen LogP contribution in [0.2, 0.25) is 0 Å². The largest absolute Gasteiger partial charge is 0.493 e. The maximum Gasteiger partial charge on any atom is 0.161 e. The van der Waals surface area contributed by atoms with Gasteiger partial charge >= 0.3 is 0 Å². The number of nitrogens with two attached hydrogens (primary N) is 1. The predicted octanol–water partition coefficient (Wildman–Crippen LogP) is 3.68. The van der Waals surface area contributed by atoms with Crippen molar-refractivity contribution >= 4 is 0 Å². The number of ether oxygens (including phenoxy) is 2. The Balaban J connectivity index is 1.93. The van der Waals surface area contributed by atoms with E-state index in [-0.39, 0.29) is 5.66 Å². The van der Waals surface area contributed by atoms with E-state index < -0.39 is 0 Å². The van der Waals surface area contributed by atoms with Crippen molar-refractivity contribution in [2.24, 2.45) is 17.1 Å². The Hall–Kier alpha value is -1.26. The summed E-state index contributed by atoms with van der Waals surface area (Å²) in [4.78, 5) is 0. The molecule has 4 heteroatoms. The fourth-order valence-corrected chi connectivity index (χ4v) is 3.44. The van der Waals surface area contributed by atoms with Gasteiger partial charge < -0.3 is 15.2 Å². The van der Waals surface area contributed by atoms with E-state index in [9.17, 15) is 0 Å². The first-order valence-corrected chi connectivity index (χ1v) is 8.52. The summed E-state index contributed by atoms with van der Waals surface area (Å²) in [5.74, 6) is 2.28. The Morgan fingerprint density at radius 2 is 1.74 bits per heavy atom. The summed E-state index contributed by atoms with van der Waals surface area (Å²) in [6, 6.07) is 6.00. The summed E-state index contributed by atoms with van der Waals surface area (Å²) in [5.41, 5.74) is 7.85. The van der Waals surface area contributed by atoms with Crippen LogP contribution < -0.4 is 20.5 Å². The van der Waals surface area contributed by atoms with E-state index in [4.69, 9.17) is 15.2 Å². The molecule has 1 aromatic carbocycles. The van der Waals surface area contributed by atoms with Crippen LogP contribution in [0.25, 0.3) is 0 Å². The third-order valence-corrected chi connectivity index (χ3v) is 5.20. The van der Waals surface area contributed by atoms with Gasteiger partial charge in [-0.3, -0.25) is 5.32 Å². The molecule has 1 fully saturated rings. The van der Waals surface area contributed by atoms with Crippen LogP contribution in [0.1, 0.15) is 52.0 Å². The van der Waals surface area contributed by atoms with Crippen molar-refractivity contribution in [1.82, 2.24) is 5.32 Å². The van der Waals surface area contributed by atoms with Crippen LogP contribution in [0.5, 0.6) is 11.5 Å². The number of nitrogens with one attached hydrogen (secondary N) is 1. The fourth-order valence-electron chi connectivity index (χ4n) is 3.44. The molecule has 23 heavy (non-hydrogen) atoms. The molecule has 0 heterocycles. The highest BCUT2D eigenvalue weighted by molar-refractivity contribution is 5.42. The molecule has 1 aromatic rings. The van der Waals surface area contributed by atoms with E-state index >= 15 is 0 Å². The van der Waals surface area contributed by atoms with Crippen molar-refractivity contribution in [3.63, 3.8) is 0 Å². The Kier molecular flexibility index (Phi) is 5.58. The number of methoxy groups -OCH3 is 2. The van der Waals surface area contributed by atoms with Gasteiger partial charge in [0.1, 0.15) is 0 Å². The lowest BCUT2D eigenvalue weighted by molar-refractivity contribution is 0.116. The first kappa shape index (κ1) is 18.1. The quantitative estimate of drug-likeness (QED) is 0.813. The van der Waals surface area contributed by atoms with E-state index in [1.807, 2.05) is 12.1 Å². The number of hydrogen-bond acceptors (Lipinski definition) is 4. The van der Waals surface area contributed by atoms with Crippen molar-refractivity contribution in [3.8, 4) is 11.5 Å². The second-order valence-corrected chi connectivity index (χ2v) is 7.84. The van der Waals surface area contributed by atoms with Gasteiger partial charge in [-0.05, 0) is 54.7 Å². The summed E-state index contributed by atoms with van der Waals surface area (Å²) in [7, 11) is 3.31. The lowest BCUT2D eigenvalue weighted by Crippen LogP contribution is -2.55. The molecular formula is C19H32N2O2. The lowest BCUT2D eigenvalue weighted by atomic mass is 9.70. The van der Waals surface area contributed by atoms with Gasteiger partial charge in [-0.1, -0.05) is 26.8 Å². The van der Waals surface area contributed by atoms with Crippen LogP contribution in [-0.2, 0) is 6.54 Å². The standard InChI is InChI=1S/C19H32N2O2/c1-18(2,3)15-8-10-19(20,11-9-15)21-13-14-6-7-16(22-4)17(12-14)23-5/h6-7,12,15,21H,8-11,13,20H2,1-5H3. The smallest absolute Gasteiger partial charge is 0.161 e. The molecule has 2 rings (SSSR count). The molecule has 0 unspecified atom stereocenters. The first-order chi connectivity index (χ1) is 10.8. The van der Waals surface area contributed by atoms with E-state index in [1.165, 1.54) is 12.8 Å². The van der Waals surface area contributed by atoms with Gasteiger partial charge in [-0.25, -0.2) is 0 Å². The molecule has 130 valence electrons. The minimum absolute atomic E-state index is 0.255. The van der Waals surface area contributed by atoms with Gasteiger partial charge in [0.15, 0.2) is 11.5 Å². The minimum Gasteiger partial charge on any atom is -0.493 e. The van der Waals surface area contributed by atoms with Gasteiger partial charge in [0, 0.05) is 6.54 Å². The molecule has 0 bridgehead atoms. The number of hydrogen-bond donors (Lipinski definition) is 2. The van der Waals surface area contributed by atoms with Crippen LogP contribution in [0.4, 0.5) is 0 Å². The maximum atomic E-state index is 6.57. The van der Waals surface area contributed by atoms with Crippen molar-refractivity contribution < 1.29 is 9.47 Å². The molecule has 1 saturated carbocycles. The van der Waals surface area contributed by atoms with Gasteiger partial charge in [0.05, 0.1) is 19.9 Å². The molecule has 0 aromatic heterocycles.